The second-order valence-corrected chi connectivity index (χ2v) is 4.54. The van der Waals surface area contributed by atoms with E-state index in [9.17, 15) is 0 Å². The van der Waals surface area contributed by atoms with E-state index in [1.54, 1.807) is 7.11 Å². The zero-order valence-electron chi connectivity index (χ0n) is 12.9. The quantitative estimate of drug-likeness (QED) is 0.633. The lowest BCUT2D eigenvalue weighted by molar-refractivity contribution is 0.0391. The van der Waals surface area contributed by atoms with Crippen LogP contribution in [0.4, 0.5) is 0 Å². The van der Waals surface area contributed by atoms with E-state index in [2.05, 4.69) is 25.2 Å². The van der Waals surface area contributed by atoms with Gasteiger partial charge in [0.25, 0.3) is 0 Å². The van der Waals surface area contributed by atoms with Gasteiger partial charge in [-0.15, -0.1) is 0 Å². The summed E-state index contributed by atoms with van der Waals surface area (Å²) in [4.78, 5) is 0. The molecule has 4 nitrogen and oxygen atoms in total. The van der Waals surface area contributed by atoms with Gasteiger partial charge in [-0.3, -0.25) is 0 Å². The van der Waals surface area contributed by atoms with Crippen LogP contribution in [0.3, 0.4) is 0 Å². The predicted molar refractivity (Wildman–Crippen MR) is 81.3 cm³/mol. The van der Waals surface area contributed by atoms with Crippen LogP contribution in [-0.4, -0.2) is 40.1 Å². The Morgan fingerprint density at radius 2 is 1.80 bits per heavy atom. The van der Waals surface area contributed by atoms with Gasteiger partial charge in [0.05, 0.1) is 33.0 Å². The van der Waals surface area contributed by atoms with E-state index in [0.29, 0.717) is 19.8 Å². The van der Waals surface area contributed by atoms with Crippen molar-refractivity contribution in [2.75, 3.05) is 40.1 Å². The lowest BCUT2D eigenvalue weighted by Gasteiger charge is -2.20. The summed E-state index contributed by atoms with van der Waals surface area (Å²) in [6.45, 7) is 7.76. The monoisotopic (exact) mass is 281 g/mol. The molecule has 114 valence electrons. The fourth-order valence-corrected chi connectivity index (χ4v) is 2.02. The summed E-state index contributed by atoms with van der Waals surface area (Å²) in [7, 11) is 1.70. The van der Waals surface area contributed by atoms with Crippen LogP contribution in [0.15, 0.2) is 24.3 Å². The molecule has 0 heterocycles. The fourth-order valence-electron chi connectivity index (χ4n) is 2.02. The van der Waals surface area contributed by atoms with Gasteiger partial charge in [0.15, 0.2) is 0 Å². The minimum Gasteiger partial charge on any atom is -0.496 e. The first kappa shape index (κ1) is 17.0. The molecule has 0 radical (unpaired) electrons. The van der Waals surface area contributed by atoms with Gasteiger partial charge in [-0.2, -0.15) is 0 Å². The molecule has 1 unspecified atom stereocenters. The summed E-state index contributed by atoms with van der Waals surface area (Å²) in [6.07, 6.45) is 1.04. The maximum absolute atomic E-state index is 5.71. The fraction of sp³-hybridized carbons (Fsp3) is 0.625. The molecule has 0 saturated heterocycles. The molecule has 1 atom stereocenters. The molecule has 0 aliphatic heterocycles. The Morgan fingerprint density at radius 3 is 2.50 bits per heavy atom. The highest BCUT2D eigenvalue weighted by Gasteiger charge is 2.14. The van der Waals surface area contributed by atoms with Gasteiger partial charge < -0.3 is 19.5 Å². The number of nitrogens with one attached hydrogen (secondary N) is 1. The molecule has 1 aromatic carbocycles. The first-order chi connectivity index (χ1) is 9.83. The summed E-state index contributed by atoms with van der Waals surface area (Å²) in [6, 6.07) is 8.19. The minimum absolute atomic E-state index is 0.141. The Hall–Kier alpha value is -1.10. The average Bonchev–Trinajstić information content (AvgIpc) is 2.49. The van der Waals surface area contributed by atoms with Crippen molar-refractivity contribution >= 4 is 0 Å². The number of likely N-dealkylation sites (N-methyl/N-ethyl adjacent to an activating group) is 1. The second-order valence-electron chi connectivity index (χ2n) is 4.54. The minimum atomic E-state index is 0.141. The van der Waals surface area contributed by atoms with Crippen LogP contribution in [0.2, 0.25) is 0 Å². The molecule has 1 N–H and O–H groups in total. The zero-order chi connectivity index (χ0) is 14.6. The molecule has 0 amide bonds. The largest absolute Gasteiger partial charge is 0.496 e. The standard InChI is InChI=1S/C16H27NO3/c1-4-10-19-11-12-20-13-15(17-5-2)14-8-6-7-9-16(14)18-3/h6-9,15,17H,4-5,10-13H2,1-3H3. The topological polar surface area (TPSA) is 39.7 Å². The molecule has 0 aliphatic carbocycles. The lowest BCUT2D eigenvalue weighted by Crippen LogP contribution is -2.26. The third-order valence-electron chi connectivity index (χ3n) is 2.97. The third kappa shape index (κ3) is 5.90. The van der Waals surface area contributed by atoms with Gasteiger partial charge in [0, 0.05) is 12.2 Å². The lowest BCUT2D eigenvalue weighted by atomic mass is 10.1. The zero-order valence-corrected chi connectivity index (χ0v) is 12.9. The third-order valence-corrected chi connectivity index (χ3v) is 2.97. The Bertz CT molecular complexity index is 357. The highest BCUT2D eigenvalue weighted by Crippen LogP contribution is 2.24. The number of para-hydroxylation sites is 1. The van der Waals surface area contributed by atoms with Crippen LogP contribution >= 0.6 is 0 Å². The van der Waals surface area contributed by atoms with Crippen molar-refractivity contribution in [2.24, 2.45) is 0 Å². The summed E-state index contributed by atoms with van der Waals surface area (Å²) >= 11 is 0. The number of ether oxygens (including phenoxy) is 3. The summed E-state index contributed by atoms with van der Waals surface area (Å²) in [5.41, 5.74) is 1.13. The highest BCUT2D eigenvalue weighted by molar-refractivity contribution is 5.35. The van der Waals surface area contributed by atoms with E-state index < -0.39 is 0 Å². The molecule has 20 heavy (non-hydrogen) atoms. The van der Waals surface area contributed by atoms with Crippen molar-refractivity contribution in [3.8, 4) is 5.75 Å². The van der Waals surface area contributed by atoms with E-state index in [0.717, 1.165) is 30.9 Å². The number of benzene rings is 1. The predicted octanol–water partition coefficient (Wildman–Crippen LogP) is 2.79. The Kier molecular flexibility index (Phi) is 9.04. The van der Waals surface area contributed by atoms with Crippen LogP contribution in [0.1, 0.15) is 31.9 Å². The molecular weight excluding hydrogens is 254 g/mol. The van der Waals surface area contributed by atoms with Gasteiger partial charge in [-0.05, 0) is 19.0 Å². The first-order valence-electron chi connectivity index (χ1n) is 7.35. The summed E-state index contributed by atoms with van der Waals surface area (Å²) in [5.74, 6) is 0.893. The Morgan fingerprint density at radius 1 is 1.05 bits per heavy atom. The van der Waals surface area contributed by atoms with Crippen LogP contribution in [0.25, 0.3) is 0 Å². The maximum Gasteiger partial charge on any atom is 0.123 e. The van der Waals surface area contributed by atoms with Crippen LogP contribution in [0, 0.1) is 0 Å². The van der Waals surface area contributed by atoms with E-state index >= 15 is 0 Å². The summed E-state index contributed by atoms with van der Waals surface area (Å²) < 4.78 is 16.5. The smallest absolute Gasteiger partial charge is 0.123 e. The number of methoxy groups -OCH3 is 1. The van der Waals surface area contributed by atoms with Crippen molar-refractivity contribution in [1.29, 1.82) is 0 Å². The number of hydrogen-bond acceptors (Lipinski definition) is 4. The van der Waals surface area contributed by atoms with Crippen LogP contribution in [0.5, 0.6) is 5.75 Å². The molecule has 0 bridgehead atoms. The van der Waals surface area contributed by atoms with Crippen LogP contribution < -0.4 is 10.1 Å². The van der Waals surface area contributed by atoms with Gasteiger partial charge in [0.1, 0.15) is 5.75 Å². The van der Waals surface area contributed by atoms with Crippen LogP contribution in [-0.2, 0) is 9.47 Å². The van der Waals surface area contributed by atoms with Crippen molar-refractivity contribution in [1.82, 2.24) is 5.32 Å². The van der Waals surface area contributed by atoms with Gasteiger partial charge >= 0.3 is 0 Å². The maximum atomic E-state index is 5.71. The van der Waals surface area contributed by atoms with Crippen molar-refractivity contribution in [2.45, 2.75) is 26.3 Å². The number of hydrogen-bond donors (Lipinski definition) is 1. The van der Waals surface area contributed by atoms with Crippen molar-refractivity contribution in [3.05, 3.63) is 29.8 Å². The summed E-state index contributed by atoms with van der Waals surface area (Å²) in [5, 5.41) is 3.43. The Balaban J connectivity index is 2.47. The van der Waals surface area contributed by atoms with E-state index in [4.69, 9.17) is 14.2 Å². The molecule has 1 aromatic rings. The van der Waals surface area contributed by atoms with E-state index in [1.165, 1.54) is 0 Å². The average molecular weight is 281 g/mol. The van der Waals surface area contributed by atoms with E-state index in [-0.39, 0.29) is 6.04 Å². The van der Waals surface area contributed by atoms with Crippen molar-refractivity contribution in [3.63, 3.8) is 0 Å². The molecule has 0 aliphatic rings. The molecule has 4 heteroatoms. The molecular formula is C16H27NO3. The first-order valence-corrected chi connectivity index (χ1v) is 7.35. The molecule has 0 spiro atoms. The highest BCUT2D eigenvalue weighted by atomic mass is 16.5. The molecule has 1 rings (SSSR count). The normalized spacial score (nSPS) is 12.3. The van der Waals surface area contributed by atoms with Crippen molar-refractivity contribution < 1.29 is 14.2 Å². The molecule has 0 fully saturated rings. The molecule has 0 aromatic heterocycles. The van der Waals surface area contributed by atoms with Gasteiger partial charge in [0.2, 0.25) is 0 Å². The molecule has 0 saturated carbocycles. The van der Waals surface area contributed by atoms with E-state index in [1.807, 2.05) is 18.2 Å². The van der Waals surface area contributed by atoms with Gasteiger partial charge in [-0.25, -0.2) is 0 Å². The Labute approximate surface area is 122 Å². The second kappa shape index (κ2) is 10.7. The SMILES string of the molecule is CCCOCCOCC(NCC)c1ccccc1OC. The van der Waals surface area contributed by atoms with Gasteiger partial charge in [-0.1, -0.05) is 32.0 Å². The number of rotatable bonds is 11.